The Morgan fingerprint density at radius 1 is 1.22 bits per heavy atom. The fourth-order valence-corrected chi connectivity index (χ4v) is 2.85. The molecule has 128 valence electrons. The van der Waals surface area contributed by atoms with Crippen LogP contribution >= 0.6 is 0 Å². The SMILES string of the molecule is CC=C1C/C(C(=O)O)=C(/C(=O)O)C(CCC)C(O)C(=O)CC1O. The molecule has 3 atom stereocenters. The molecule has 0 radical (unpaired) electrons. The van der Waals surface area contributed by atoms with Gasteiger partial charge < -0.3 is 20.4 Å². The summed E-state index contributed by atoms with van der Waals surface area (Å²) in [6.07, 6.45) is -1.46. The van der Waals surface area contributed by atoms with Crippen molar-refractivity contribution in [1.82, 2.24) is 0 Å². The maximum Gasteiger partial charge on any atom is 0.332 e. The van der Waals surface area contributed by atoms with Crippen molar-refractivity contribution in [3.63, 3.8) is 0 Å². The number of hydrogen-bond donors (Lipinski definition) is 4. The molecule has 23 heavy (non-hydrogen) atoms. The van der Waals surface area contributed by atoms with E-state index in [0.29, 0.717) is 6.42 Å². The molecule has 4 N–H and O–H groups in total. The molecule has 1 rings (SSSR count). The van der Waals surface area contributed by atoms with E-state index in [4.69, 9.17) is 0 Å². The van der Waals surface area contributed by atoms with Crippen molar-refractivity contribution in [1.29, 1.82) is 0 Å². The van der Waals surface area contributed by atoms with Gasteiger partial charge in [-0.05, 0) is 18.9 Å². The molecule has 0 amide bonds. The van der Waals surface area contributed by atoms with Crippen molar-refractivity contribution >= 4 is 17.7 Å². The standard InChI is InChI=1S/C16H22O7/c1-3-5-9-13(16(22)23)10(15(20)21)6-8(4-2)11(17)7-12(18)14(9)19/h4,9,11,14,17,19H,3,5-7H2,1-2H3,(H,20,21)(H,22,23)/b8-4?,13-10-. The summed E-state index contributed by atoms with van der Waals surface area (Å²) >= 11 is 0. The van der Waals surface area contributed by atoms with E-state index in [1.807, 2.05) is 0 Å². The van der Waals surface area contributed by atoms with Crippen LogP contribution in [0.15, 0.2) is 22.8 Å². The van der Waals surface area contributed by atoms with Gasteiger partial charge in [-0.3, -0.25) is 4.79 Å². The highest BCUT2D eigenvalue weighted by atomic mass is 16.4. The second kappa shape index (κ2) is 8.03. The Hall–Kier alpha value is -1.99. The van der Waals surface area contributed by atoms with Crippen molar-refractivity contribution in [2.75, 3.05) is 0 Å². The summed E-state index contributed by atoms with van der Waals surface area (Å²) in [6, 6.07) is 0. The van der Waals surface area contributed by atoms with Crippen molar-refractivity contribution in [3.05, 3.63) is 22.8 Å². The number of carboxylic acid groups (broad SMARTS) is 2. The van der Waals surface area contributed by atoms with Crippen molar-refractivity contribution in [2.24, 2.45) is 5.92 Å². The number of rotatable bonds is 4. The Morgan fingerprint density at radius 2 is 1.83 bits per heavy atom. The Bertz CT molecular complexity index is 559. The minimum absolute atomic E-state index is 0.159. The Kier molecular flexibility index (Phi) is 6.65. The first-order valence-corrected chi connectivity index (χ1v) is 7.48. The molecule has 1 aliphatic carbocycles. The number of carbonyl (C=O) groups is 3. The van der Waals surface area contributed by atoms with E-state index in [1.165, 1.54) is 6.08 Å². The lowest BCUT2D eigenvalue weighted by molar-refractivity contribution is -0.138. The van der Waals surface area contributed by atoms with Gasteiger partial charge in [0.2, 0.25) is 0 Å². The number of aliphatic carboxylic acids is 2. The van der Waals surface area contributed by atoms with Crippen LogP contribution in [0, 0.1) is 5.92 Å². The van der Waals surface area contributed by atoms with Crippen LogP contribution in [0.25, 0.3) is 0 Å². The summed E-state index contributed by atoms with van der Waals surface area (Å²) in [7, 11) is 0. The van der Waals surface area contributed by atoms with E-state index in [0.717, 1.165) is 0 Å². The maximum absolute atomic E-state index is 12.1. The first kappa shape index (κ1) is 19.1. The molecule has 0 aromatic rings. The fourth-order valence-electron chi connectivity index (χ4n) is 2.85. The molecule has 0 heterocycles. The molecular weight excluding hydrogens is 304 g/mol. The highest BCUT2D eigenvalue weighted by Crippen LogP contribution is 2.32. The summed E-state index contributed by atoms with van der Waals surface area (Å²) in [5.74, 6) is -4.71. The predicted octanol–water partition coefficient (Wildman–Crippen LogP) is 0.899. The number of aliphatic hydroxyl groups is 2. The van der Waals surface area contributed by atoms with Crippen LogP contribution < -0.4 is 0 Å². The van der Waals surface area contributed by atoms with Crippen molar-refractivity contribution in [3.8, 4) is 0 Å². The van der Waals surface area contributed by atoms with E-state index < -0.39 is 47.0 Å². The zero-order valence-corrected chi connectivity index (χ0v) is 13.2. The monoisotopic (exact) mass is 326 g/mol. The van der Waals surface area contributed by atoms with Gasteiger partial charge in [0.15, 0.2) is 5.78 Å². The molecule has 0 aromatic heterocycles. The number of ketones is 1. The third-order valence-electron chi connectivity index (χ3n) is 4.07. The van der Waals surface area contributed by atoms with Crippen LogP contribution in [0.4, 0.5) is 0 Å². The van der Waals surface area contributed by atoms with Crippen LogP contribution in [0.5, 0.6) is 0 Å². The highest BCUT2D eigenvalue weighted by Gasteiger charge is 2.38. The van der Waals surface area contributed by atoms with Gasteiger partial charge in [0.05, 0.1) is 17.3 Å². The van der Waals surface area contributed by atoms with E-state index in [-0.39, 0.29) is 24.8 Å². The van der Waals surface area contributed by atoms with Gasteiger partial charge in [0.25, 0.3) is 0 Å². The minimum Gasteiger partial charge on any atom is -0.478 e. The van der Waals surface area contributed by atoms with Gasteiger partial charge in [0, 0.05) is 18.8 Å². The molecule has 0 aliphatic heterocycles. The normalized spacial score (nSPS) is 31.4. The largest absolute Gasteiger partial charge is 0.478 e. The number of Topliss-reactive ketones (excluding diaryl/α,β-unsaturated/α-hetero) is 1. The summed E-state index contributed by atoms with van der Waals surface area (Å²) < 4.78 is 0. The van der Waals surface area contributed by atoms with Gasteiger partial charge in [-0.25, -0.2) is 9.59 Å². The highest BCUT2D eigenvalue weighted by molar-refractivity contribution is 6.00. The number of carbonyl (C=O) groups excluding carboxylic acids is 1. The summed E-state index contributed by atoms with van der Waals surface area (Å²) in [5, 5.41) is 39.2. The molecule has 3 unspecified atom stereocenters. The second-order valence-electron chi connectivity index (χ2n) is 5.57. The zero-order valence-electron chi connectivity index (χ0n) is 13.2. The molecule has 7 nitrogen and oxygen atoms in total. The first-order chi connectivity index (χ1) is 10.7. The van der Waals surface area contributed by atoms with Gasteiger partial charge in [-0.1, -0.05) is 19.4 Å². The van der Waals surface area contributed by atoms with Crippen LogP contribution in [-0.4, -0.2) is 50.4 Å². The van der Waals surface area contributed by atoms with E-state index >= 15 is 0 Å². The smallest absolute Gasteiger partial charge is 0.332 e. The van der Waals surface area contributed by atoms with Gasteiger partial charge >= 0.3 is 11.9 Å². The third-order valence-corrected chi connectivity index (χ3v) is 4.07. The molecule has 0 fully saturated rings. The quantitative estimate of drug-likeness (QED) is 0.564. The lowest BCUT2D eigenvalue weighted by Gasteiger charge is -2.23. The van der Waals surface area contributed by atoms with Gasteiger partial charge in [-0.15, -0.1) is 0 Å². The van der Waals surface area contributed by atoms with Gasteiger partial charge in [0.1, 0.15) is 6.10 Å². The van der Waals surface area contributed by atoms with Gasteiger partial charge in [-0.2, -0.15) is 0 Å². The van der Waals surface area contributed by atoms with Crippen LogP contribution in [0.3, 0.4) is 0 Å². The van der Waals surface area contributed by atoms with E-state index in [9.17, 15) is 34.8 Å². The van der Waals surface area contributed by atoms with Crippen LogP contribution in [0.2, 0.25) is 0 Å². The van der Waals surface area contributed by atoms with Crippen molar-refractivity contribution in [2.45, 2.75) is 51.7 Å². The Morgan fingerprint density at radius 3 is 2.26 bits per heavy atom. The Balaban J connectivity index is 3.62. The summed E-state index contributed by atoms with van der Waals surface area (Å²) in [6.45, 7) is 3.32. The van der Waals surface area contributed by atoms with Crippen molar-refractivity contribution < 1.29 is 34.8 Å². The number of hydrogen-bond acceptors (Lipinski definition) is 5. The second-order valence-corrected chi connectivity index (χ2v) is 5.57. The molecule has 0 saturated carbocycles. The van der Waals surface area contributed by atoms with Crippen LogP contribution in [-0.2, 0) is 14.4 Å². The predicted molar refractivity (Wildman–Crippen MR) is 80.7 cm³/mol. The van der Waals surface area contributed by atoms with E-state index in [1.54, 1.807) is 13.8 Å². The number of aliphatic hydroxyl groups excluding tert-OH is 2. The minimum atomic E-state index is -1.65. The fraction of sp³-hybridized carbons (Fsp3) is 0.562. The average molecular weight is 326 g/mol. The molecule has 0 saturated heterocycles. The molecular formula is C16H22O7. The Labute approximate surface area is 133 Å². The van der Waals surface area contributed by atoms with E-state index in [2.05, 4.69) is 0 Å². The van der Waals surface area contributed by atoms with Crippen LogP contribution in [0.1, 0.15) is 39.5 Å². The maximum atomic E-state index is 12.1. The molecule has 0 bridgehead atoms. The zero-order chi connectivity index (χ0) is 17.7. The molecule has 0 aromatic carbocycles. The lowest BCUT2D eigenvalue weighted by Crippen LogP contribution is -2.35. The average Bonchev–Trinajstić information content (AvgIpc) is 2.50. The lowest BCUT2D eigenvalue weighted by atomic mass is 9.83. The summed E-state index contributed by atoms with van der Waals surface area (Å²) in [5.41, 5.74) is -0.621. The third kappa shape index (κ3) is 4.27. The molecule has 0 spiro atoms. The number of allylic oxidation sites excluding steroid dienone is 1. The summed E-state index contributed by atoms with van der Waals surface area (Å²) in [4.78, 5) is 35.3. The number of carboxylic acids is 2. The molecule has 1 aliphatic rings. The molecule has 7 heteroatoms. The topological polar surface area (TPSA) is 132 Å². The first-order valence-electron chi connectivity index (χ1n) is 7.48.